The first kappa shape index (κ1) is 25.4. The lowest BCUT2D eigenvalue weighted by Crippen LogP contribution is -2.52. The number of rotatable bonds is 7. The van der Waals surface area contributed by atoms with Crippen LogP contribution in [0.1, 0.15) is 30.4 Å². The predicted molar refractivity (Wildman–Crippen MR) is 115 cm³/mol. The van der Waals surface area contributed by atoms with Crippen LogP contribution >= 0.6 is 0 Å². The van der Waals surface area contributed by atoms with Gasteiger partial charge in [-0.05, 0) is 54.8 Å². The molecule has 3 atom stereocenters. The molecule has 11 heteroatoms. The highest BCUT2D eigenvalue weighted by molar-refractivity contribution is 5.89. The summed E-state index contributed by atoms with van der Waals surface area (Å²) in [7, 11) is 0. The van der Waals surface area contributed by atoms with Crippen LogP contribution in [-0.2, 0) is 22.3 Å². The fraction of sp³-hybridized carbons (Fsp3) is 0.391. The van der Waals surface area contributed by atoms with Crippen LogP contribution in [0.5, 0.6) is 0 Å². The number of urea groups is 1. The van der Waals surface area contributed by atoms with Crippen molar-refractivity contribution >= 4 is 17.6 Å². The molecule has 0 radical (unpaired) electrons. The van der Waals surface area contributed by atoms with Crippen LogP contribution in [-0.4, -0.2) is 41.9 Å². The van der Waals surface area contributed by atoms with Crippen molar-refractivity contribution in [1.29, 1.82) is 0 Å². The van der Waals surface area contributed by atoms with Crippen LogP contribution in [0.25, 0.3) is 0 Å². The third-order valence-corrected chi connectivity index (χ3v) is 5.37. The van der Waals surface area contributed by atoms with Crippen molar-refractivity contribution in [3.05, 3.63) is 65.5 Å². The SMILES string of the molecule is O=C(C[C@H]1CC[C@@H](NC(=O)Nc2ccc(C(F)(F)F)cc2)[C@H](CO)O1)NCc1cccc(F)c1. The molecule has 0 aliphatic carbocycles. The zero-order valence-electron chi connectivity index (χ0n) is 18.1. The quantitative estimate of drug-likeness (QED) is 0.453. The van der Waals surface area contributed by atoms with Crippen LogP contribution in [0.2, 0.25) is 0 Å². The van der Waals surface area contributed by atoms with Gasteiger partial charge in [-0.15, -0.1) is 0 Å². The van der Waals surface area contributed by atoms with Crippen molar-refractivity contribution in [2.45, 2.75) is 50.2 Å². The van der Waals surface area contributed by atoms with E-state index in [0.717, 1.165) is 24.3 Å². The molecule has 2 aromatic rings. The van der Waals surface area contributed by atoms with Gasteiger partial charge in [0, 0.05) is 12.2 Å². The largest absolute Gasteiger partial charge is 0.416 e. The topological polar surface area (TPSA) is 99.7 Å². The van der Waals surface area contributed by atoms with E-state index in [0.29, 0.717) is 18.4 Å². The van der Waals surface area contributed by atoms with E-state index in [1.165, 1.54) is 12.1 Å². The number of benzene rings is 2. The standard InChI is InChI=1S/C23H25F4N3O4/c24-16-3-1-2-14(10-16)12-28-21(32)11-18-8-9-19(20(13-31)34-18)30-22(33)29-17-6-4-15(5-7-17)23(25,26)27/h1-7,10,18-20,31H,8-9,11-13H2,(H,28,32)(H2,29,30,33)/t18-,19-,20+/m1/s1. The highest BCUT2D eigenvalue weighted by Gasteiger charge is 2.33. The molecule has 0 aromatic heterocycles. The van der Waals surface area contributed by atoms with Crippen molar-refractivity contribution in [3.63, 3.8) is 0 Å². The van der Waals surface area contributed by atoms with Crippen molar-refractivity contribution in [1.82, 2.24) is 10.6 Å². The van der Waals surface area contributed by atoms with Crippen LogP contribution < -0.4 is 16.0 Å². The molecule has 0 unspecified atom stereocenters. The van der Waals surface area contributed by atoms with E-state index in [9.17, 15) is 32.3 Å². The number of amides is 3. The molecule has 0 bridgehead atoms. The highest BCUT2D eigenvalue weighted by atomic mass is 19.4. The molecule has 3 amide bonds. The first-order chi connectivity index (χ1) is 16.1. The molecule has 3 rings (SSSR count). The van der Waals surface area contributed by atoms with Crippen molar-refractivity contribution in [2.24, 2.45) is 0 Å². The Balaban J connectivity index is 1.45. The number of carbonyl (C=O) groups excluding carboxylic acids is 2. The van der Waals surface area contributed by atoms with Gasteiger partial charge in [0.05, 0.1) is 30.7 Å². The number of alkyl halides is 3. The minimum atomic E-state index is -4.47. The summed E-state index contributed by atoms with van der Waals surface area (Å²) in [6.07, 6.45) is -4.80. The van der Waals surface area contributed by atoms with Gasteiger partial charge in [-0.3, -0.25) is 4.79 Å². The Bertz CT molecular complexity index is 985. The Morgan fingerprint density at radius 3 is 2.47 bits per heavy atom. The zero-order valence-corrected chi connectivity index (χ0v) is 18.1. The van der Waals surface area contributed by atoms with Gasteiger partial charge in [-0.1, -0.05) is 12.1 Å². The average molecular weight is 483 g/mol. The second kappa shape index (κ2) is 11.3. The lowest BCUT2D eigenvalue weighted by Gasteiger charge is -2.35. The summed E-state index contributed by atoms with van der Waals surface area (Å²) in [6, 6.07) is 8.67. The van der Waals surface area contributed by atoms with Crippen LogP contribution in [0.15, 0.2) is 48.5 Å². The summed E-state index contributed by atoms with van der Waals surface area (Å²) in [5, 5.41) is 17.4. The molecular weight excluding hydrogens is 458 g/mol. The number of anilines is 1. The Hall–Kier alpha value is -3.18. The number of halogens is 4. The molecule has 1 aliphatic rings. The lowest BCUT2D eigenvalue weighted by molar-refractivity contribution is -0.137. The number of nitrogens with one attached hydrogen (secondary N) is 3. The van der Waals surface area contributed by atoms with E-state index < -0.39 is 48.4 Å². The number of aliphatic hydroxyl groups excluding tert-OH is 1. The molecule has 184 valence electrons. The van der Waals surface area contributed by atoms with Gasteiger partial charge in [0.2, 0.25) is 5.91 Å². The minimum Gasteiger partial charge on any atom is -0.394 e. The van der Waals surface area contributed by atoms with Gasteiger partial charge in [-0.25, -0.2) is 9.18 Å². The van der Waals surface area contributed by atoms with Crippen molar-refractivity contribution < 1.29 is 37.0 Å². The molecule has 4 N–H and O–H groups in total. The summed E-state index contributed by atoms with van der Waals surface area (Å²) in [5.41, 5.74) is -0.0319. The second-order valence-electron chi connectivity index (χ2n) is 7.95. The Labute approximate surface area is 193 Å². The highest BCUT2D eigenvalue weighted by Crippen LogP contribution is 2.30. The van der Waals surface area contributed by atoms with E-state index in [4.69, 9.17) is 4.74 Å². The number of aliphatic hydroxyl groups is 1. The normalized spacial score (nSPS) is 20.4. The van der Waals surface area contributed by atoms with Crippen molar-refractivity contribution in [3.8, 4) is 0 Å². The van der Waals surface area contributed by atoms with Gasteiger partial charge in [0.1, 0.15) is 11.9 Å². The maximum absolute atomic E-state index is 13.2. The summed E-state index contributed by atoms with van der Waals surface area (Å²) >= 11 is 0. The molecule has 0 saturated carbocycles. The van der Waals surface area contributed by atoms with E-state index in [1.54, 1.807) is 12.1 Å². The summed E-state index contributed by atoms with van der Waals surface area (Å²) < 4.78 is 56.9. The first-order valence-electron chi connectivity index (χ1n) is 10.7. The number of carbonyl (C=O) groups is 2. The molecule has 1 fully saturated rings. The Kier molecular flexibility index (Phi) is 8.46. The van der Waals surface area contributed by atoms with Gasteiger partial charge >= 0.3 is 12.2 Å². The maximum atomic E-state index is 13.2. The number of ether oxygens (including phenoxy) is 1. The van der Waals surface area contributed by atoms with Gasteiger partial charge in [-0.2, -0.15) is 13.2 Å². The molecular formula is C23H25F4N3O4. The number of hydrogen-bond donors (Lipinski definition) is 4. The molecule has 2 aromatic carbocycles. The molecule has 1 saturated heterocycles. The van der Waals surface area contributed by atoms with E-state index in [-0.39, 0.29) is 24.6 Å². The fourth-order valence-corrected chi connectivity index (χ4v) is 3.65. The predicted octanol–water partition coefficient (Wildman–Crippen LogP) is 3.58. The number of hydrogen-bond acceptors (Lipinski definition) is 4. The first-order valence-corrected chi connectivity index (χ1v) is 10.7. The van der Waals surface area contributed by atoms with Crippen LogP contribution in [0, 0.1) is 5.82 Å². The van der Waals surface area contributed by atoms with Crippen molar-refractivity contribution in [2.75, 3.05) is 11.9 Å². The molecule has 1 heterocycles. The fourth-order valence-electron chi connectivity index (χ4n) is 3.65. The summed E-state index contributed by atoms with van der Waals surface area (Å²) in [5.74, 6) is -0.688. The van der Waals surface area contributed by atoms with E-state index in [1.807, 2.05) is 0 Å². The van der Waals surface area contributed by atoms with Gasteiger partial charge in [0.25, 0.3) is 0 Å². The van der Waals surface area contributed by atoms with Gasteiger partial charge in [0.15, 0.2) is 0 Å². The molecule has 7 nitrogen and oxygen atoms in total. The summed E-state index contributed by atoms with van der Waals surface area (Å²) in [6.45, 7) is -0.228. The Morgan fingerprint density at radius 2 is 1.82 bits per heavy atom. The monoisotopic (exact) mass is 483 g/mol. The summed E-state index contributed by atoms with van der Waals surface area (Å²) in [4.78, 5) is 24.5. The van der Waals surface area contributed by atoms with Crippen LogP contribution in [0.3, 0.4) is 0 Å². The average Bonchev–Trinajstić information content (AvgIpc) is 2.78. The minimum absolute atomic E-state index is 0.0380. The molecule has 34 heavy (non-hydrogen) atoms. The van der Waals surface area contributed by atoms with E-state index in [2.05, 4.69) is 16.0 Å². The zero-order chi connectivity index (χ0) is 24.7. The molecule has 1 aliphatic heterocycles. The second-order valence-corrected chi connectivity index (χ2v) is 7.95. The maximum Gasteiger partial charge on any atom is 0.416 e. The smallest absolute Gasteiger partial charge is 0.394 e. The third-order valence-electron chi connectivity index (χ3n) is 5.37. The van der Waals surface area contributed by atoms with E-state index >= 15 is 0 Å². The Morgan fingerprint density at radius 1 is 1.09 bits per heavy atom. The molecule has 0 spiro atoms. The van der Waals surface area contributed by atoms with Gasteiger partial charge < -0.3 is 25.8 Å². The third kappa shape index (κ3) is 7.42. The lowest BCUT2D eigenvalue weighted by atomic mass is 9.97. The van der Waals surface area contributed by atoms with Crippen LogP contribution in [0.4, 0.5) is 28.0 Å².